The Hall–Kier alpha value is -2.23. The molecule has 0 saturated carbocycles. The summed E-state index contributed by atoms with van der Waals surface area (Å²) in [7, 11) is 0. The Kier molecular flexibility index (Phi) is 3.90. The maximum atomic E-state index is 12.1. The fourth-order valence-corrected chi connectivity index (χ4v) is 2.10. The normalized spacial score (nSPS) is 10.4. The Bertz CT molecular complexity index is 632. The predicted molar refractivity (Wildman–Crippen MR) is 77.4 cm³/mol. The molecule has 0 amide bonds. The Labute approximate surface area is 112 Å². The molecule has 2 rings (SSSR count). The minimum absolute atomic E-state index is 0.161. The molecule has 2 N–H and O–H groups in total. The average molecular weight is 258 g/mol. The predicted octanol–water partition coefficient (Wildman–Crippen LogP) is 2.52. The molecule has 4 heteroatoms. The number of para-hydroxylation sites is 1. The Morgan fingerprint density at radius 3 is 2.58 bits per heavy atom. The molecule has 0 aliphatic rings. The van der Waals surface area contributed by atoms with E-state index in [-0.39, 0.29) is 11.2 Å². The number of benzene rings is 1. The van der Waals surface area contributed by atoms with Crippen LogP contribution in [0.15, 0.2) is 41.2 Å². The molecule has 0 radical (unpaired) electrons. The number of nitrogens with zero attached hydrogens (tertiary/aromatic N) is 1. The van der Waals surface area contributed by atoms with Crippen LogP contribution in [-0.2, 0) is 6.54 Å². The number of nitrogens with two attached hydrogens (primary N) is 1. The first-order valence-corrected chi connectivity index (χ1v) is 6.40. The van der Waals surface area contributed by atoms with E-state index >= 15 is 0 Å². The van der Waals surface area contributed by atoms with Crippen molar-refractivity contribution >= 4 is 5.69 Å². The third-order valence-corrected chi connectivity index (χ3v) is 2.98. The Morgan fingerprint density at radius 1 is 1.16 bits per heavy atom. The molecule has 2 aromatic rings. The van der Waals surface area contributed by atoms with E-state index in [0.717, 1.165) is 17.0 Å². The molecule has 0 saturated heterocycles. The van der Waals surface area contributed by atoms with Gasteiger partial charge in [-0.3, -0.25) is 4.79 Å². The van der Waals surface area contributed by atoms with E-state index in [0.29, 0.717) is 13.2 Å². The number of aromatic nitrogens is 1. The van der Waals surface area contributed by atoms with Crippen molar-refractivity contribution < 1.29 is 4.74 Å². The Balaban J connectivity index is 2.66. The van der Waals surface area contributed by atoms with Crippen LogP contribution < -0.4 is 16.0 Å². The van der Waals surface area contributed by atoms with Gasteiger partial charge in [0.2, 0.25) is 0 Å². The lowest BCUT2D eigenvalue weighted by Gasteiger charge is -2.15. The van der Waals surface area contributed by atoms with E-state index in [1.54, 1.807) is 10.6 Å². The fraction of sp³-hybridized carbons (Fsp3) is 0.267. The van der Waals surface area contributed by atoms with Crippen LogP contribution in [0.2, 0.25) is 0 Å². The fourth-order valence-electron chi connectivity index (χ4n) is 2.10. The van der Waals surface area contributed by atoms with Crippen molar-refractivity contribution in [3.63, 3.8) is 0 Å². The summed E-state index contributed by atoms with van der Waals surface area (Å²) in [6.45, 7) is 5.02. The summed E-state index contributed by atoms with van der Waals surface area (Å²) in [5.41, 5.74) is 7.51. The van der Waals surface area contributed by atoms with Crippen LogP contribution in [0, 0.1) is 0 Å². The molecule has 0 spiro atoms. The van der Waals surface area contributed by atoms with Crippen molar-refractivity contribution in [3.8, 4) is 17.0 Å². The molecule has 0 unspecified atom stereocenters. The standard InChI is InChI=1S/C15H18N2O2/c1-3-17-13(10-9-12(16)15(17)18)11-7-5-6-8-14(11)19-4-2/h5-10H,3-4,16H2,1-2H3. The van der Waals surface area contributed by atoms with Crippen molar-refractivity contribution in [1.82, 2.24) is 4.57 Å². The van der Waals surface area contributed by atoms with Gasteiger partial charge in [-0.05, 0) is 38.1 Å². The smallest absolute Gasteiger partial charge is 0.274 e. The zero-order valence-electron chi connectivity index (χ0n) is 11.2. The summed E-state index contributed by atoms with van der Waals surface area (Å²) >= 11 is 0. The van der Waals surface area contributed by atoms with Gasteiger partial charge in [0.15, 0.2) is 0 Å². The third kappa shape index (κ3) is 2.47. The van der Waals surface area contributed by atoms with Gasteiger partial charge in [0, 0.05) is 12.1 Å². The number of hydrogen-bond acceptors (Lipinski definition) is 3. The van der Waals surface area contributed by atoms with Crippen LogP contribution in [0.3, 0.4) is 0 Å². The minimum Gasteiger partial charge on any atom is -0.493 e. The molecule has 1 heterocycles. The molecular formula is C15H18N2O2. The lowest BCUT2D eigenvalue weighted by atomic mass is 10.1. The number of pyridine rings is 1. The highest BCUT2D eigenvalue weighted by Gasteiger charge is 2.11. The summed E-state index contributed by atoms with van der Waals surface area (Å²) in [6.07, 6.45) is 0. The van der Waals surface area contributed by atoms with E-state index in [1.807, 2.05) is 44.2 Å². The molecule has 1 aromatic carbocycles. The maximum Gasteiger partial charge on any atom is 0.274 e. The van der Waals surface area contributed by atoms with Gasteiger partial charge in [0.25, 0.3) is 5.56 Å². The number of rotatable bonds is 4. The highest BCUT2D eigenvalue weighted by Crippen LogP contribution is 2.29. The van der Waals surface area contributed by atoms with Gasteiger partial charge in [-0.2, -0.15) is 0 Å². The summed E-state index contributed by atoms with van der Waals surface area (Å²) in [5, 5.41) is 0. The summed E-state index contributed by atoms with van der Waals surface area (Å²) < 4.78 is 7.27. The second kappa shape index (κ2) is 5.61. The lowest BCUT2D eigenvalue weighted by Crippen LogP contribution is -2.23. The SMILES string of the molecule is CCOc1ccccc1-c1ccc(N)c(=O)n1CC. The van der Waals surface area contributed by atoms with Gasteiger partial charge >= 0.3 is 0 Å². The van der Waals surface area contributed by atoms with Crippen LogP contribution in [0.25, 0.3) is 11.3 Å². The molecule has 1 aromatic heterocycles. The topological polar surface area (TPSA) is 57.2 Å². The number of nitrogen functional groups attached to an aromatic ring is 1. The minimum atomic E-state index is -0.161. The molecule has 0 atom stereocenters. The molecule has 19 heavy (non-hydrogen) atoms. The number of ether oxygens (including phenoxy) is 1. The largest absolute Gasteiger partial charge is 0.493 e. The number of hydrogen-bond donors (Lipinski definition) is 1. The quantitative estimate of drug-likeness (QED) is 0.916. The monoisotopic (exact) mass is 258 g/mol. The van der Waals surface area contributed by atoms with E-state index in [4.69, 9.17) is 10.5 Å². The highest BCUT2D eigenvalue weighted by molar-refractivity contribution is 5.68. The molecule has 0 fully saturated rings. The zero-order valence-corrected chi connectivity index (χ0v) is 11.2. The van der Waals surface area contributed by atoms with E-state index in [9.17, 15) is 4.79 Å². The summed E-state index contributed by atoms with van der Waals surface area (Å²) in [5.74, 6) is 0.774. The van der Waals surface area contributed by atoms with Gasteiger partial charge in [-0.25, -0.2) is 0 Å². The summed E-state index contributed by atoms with van der Waals surface area (Å²) in [6, 6.07) is 11.2. The van der Waals surface area contributed by atoms with Crippen molar-refractivity contribution in [2.24, 2.45) is 0 Å². The molecule has 100 valence electrons. The second-order valence-electron chi connectivity index (χ2n) is 4.15. The van der Waals surface area contributed by atoms with Crippen molar-refractivity contribution in [3.05, 3.63) is 46.8 Å². The number of anilines is 1. The van der Waals surface area contributed by atoms with Crippen LogP contribution in [0.5, 0.6) is 5.75 Å². The summed E-state index contributed by atoms with van der Waals surface area (Å²) in [4.78, 5) is 12.1. The second-order valence-corrected chi connectivity index (χ2v) is 4.15. The van der Waals surface area contributed by atoms with Crippen molar-refractivity contribution in [1.29, 1.82) is 0 Å². The average Bonchev–Trinajstić information content (AvgIpc) is 2.43. The highest BCUT2D eigenvalue weighted by atomic mass is 16.5. The van der Waals surface area contributed by atoms with Crippen molar-refractivity contribution in [2.45, 2.75) is 20.4 Å². The van der Waals surface area contributed by atoms with Crippen LogP contribution in [0.1, 0.15) is 13.8 Å². The van der Waals surface area contributed by atoms with Crippen LogP contribution >= 0.6 is 0 Å². The molecule has 0 aliphatic heterocycles. The zero-order chi connectivity index (χ0) is 13.8. The molecule has 0 bridgehead atoms. The van der Waals surface area contributed by atoms with E-state index in [2.05, 4.69) is 0 Å². The van der Waals surface area contributed by atoms with Gasteiger partial charge in [-0.1, -0.05) is 12.1 Å². The van der Waals surface area contributed by atoms with Gasteiger partial charge in [0.1, 0.15) is 5.75 Å². The van der Waals surface area contributed by atoms with Gasteiger partial charge < -0.3 is 15.0 Å². The molecular weight excluding hydrogens is 240 g/mol. The van der Waals surface area contributed by atoms with E-state index in [1.165, 1.54) is 0 Å². The van der Waals surface area contributed by atoms with Crippen LogP contribution in [0.4, 0.5) is 5.69 Å². The Morgan fingerprint density at radius 2 is 1.89 bits per heavy atom. The third-order valence-electron chi connectivity index (χ3n) is 2.98. The first-order valence-electron chi connectivity index (χ1n) is 6.40. The molecule has 0 aliphatic carbocycles. The van der Waals surface area contributed by atoms with Crippen LogP contribution in [-0.4, -0.2) is 11.2 Å². The molecule has 4 nitrogen and oxygen atoms in total. The van der Waals surface area contributed by atoms with Crippen molar-refractivity contribution in [2.75, 3.05) is 12.3 Å². The maximum absolute atomic E-state index is 12.1. The van der Waals surface area contributed by atoms with E-state index < -0.39 is 0 Å². The van der Waals surface area contributed by atoms with Gasteiger partial charge in [0.05, 0.1) is 18.0 Å². The van der Waals surface area contributed by atoms with Gasteiger partial charge in [-0.15, -0.1) is 0 Å². The lowest BCUT2D eigenvalue weighted by molar-refractivity contribution is 0.341. The first-order chi connectivity index (χ1) is 9.19. The first kappa shape index (κ1) is 13.2.